The highest BCUT2D eigenvalue weighted by molar-refractivity contribution is 5.93. The molecule has 1 unspecified atom stereocenters. The van der Waals surface area contributed by atoms with Crippen LogP contribution in [-0.4, -0.2) is 35.0 Å². The van der Waals surface area contributed by atoms with Crippen LogP contribution >= 0.6 is 0 Å². The Morgan fingerprint density at radius 1 is 1.91 bits per heavy atom. The summed E-state index contributed by atoms with van der Waals surface area (Å²) in [5.41, 5.74) is 5.48. The van der Waals surface area contributed by atoms with Crippen molar-refractivity contribution in [2.75, 3.05) is 13.1 Å². The van der Waals surface area contributed by atoms with Crippen LogP contribution in [0, 0.1) is 0 Å². The molecule has 4 nitrogen and oxygen atoms in total. The molecule has 0 saturated carbocycles. The van der Waals surface area contributed by atoms with Crippen molar-refractivity contribution in [2.45, 2.75) is 13.0 Å². The van der Waals surface area contributed by atoms with Gasteiger partial charge in [0.15, 0.2) is 5.76 Å². The van der Waals surface area contributed by atoms with Gasteiger partial charge in [0.1, 0.15) is 0 Å². The van der Waals surface area contributed by atoms with Crippen molar-refractivity contribution >= 4 is 5.91 Å². The number of aliphatic hydroxyl groups excluding tert-OH is 1. The Morgan fingerprint density at radius 3 is 2.91 bits per heavy atom. The topological polar surface area (TPSA) is 66.6 Å². The molecule has 1 aliphatic heterocycles. The molecule has 0 aromatic heterocycles. The number of aliphatic hydroxyl groups is 1. The summed E-state index contributed by atoms with van der Waals surface area (Å²) in [5, 5.41) is 8.91. The molecule has 62 valence electrons. The smallest absolute Gasteiger partial charge is 0.288 e. The van der Waals surface area contributed by atoms with E-state index >= 15 is 0 Å². The van der Waals surface area contributed by atoms with Crippen LogP contribution in [-0.2, 0) is 4.79 Å². The molecular formula is C7H12N2O2. The molecule has 1 rings (SSSR count). The molecule has 4 heteroatoms. The van der Waals surface area contributed by atoms with Gasteiger partial charge < -0.3 is 15.7 Å². The Hall–Kier alpha value is -1.03. The number of hydrogen-bond donors (Lipinski definition) is 2. The van der Waals surface area contributed by atoms with E-state index in [-0.39, 0.29) is 17.7 Å². The second-order valence-corrected chi connectivity index (χ2v) is 2.78. The van der Waals surface area contributed by atoms with Crippen LogP contribution in [0.1, 0.15) is 6.92 Å². The Labute approximate surface area is 65.3 Å². The van der Waals surface area contributed by atoms with Crippen molar-refractivity contribution in [3.63, 3.8) is 0 Å². The predicted molar refractivity (Wildman–Crippen MR) is 40.9 cm³/mol. The highest BCUT2D eigenvalue weighted by atomic mass is 16.3. The van der Waals surface area contributed by atoms with Gasteiger partial charge in [-0.25, -0.2) is 0 Å². The molecule has 0 spiro atoms. The Balaban J connectivity index is 2.48. The lowest BCUT2D eigenvalue weighted by Gasteiger charge is -2.17. The van der Waals surface area contributed by atoms with Crippen LogP contribution in [0.3, 0.4) is 0 Å². The fourth-order valence-corrected chi connectivity index (χ4v) is 1.03. The van der Waals surface area contributed by atoms with E-state index in [1.54, 1.807) is 0 Å². The zero-order valence-electron chi connectivity index (χ0n) is 6.45. The molecule has 0 aliphatic carbocycles. The second kappa shape index (κ2) is 2.92. The predicted octanol–water partition coefficient (Wildman–Crippen LogP) is -0.382. The zero-order valence-corrected chi connectivity index (χ0v) is 6.45. The first-order chi connectivity index (χ1) is 5.11. The van der Waals surface area contributed by atoms with Crippen molar-refractivity contribution in [1.29, 1.82) is 0 Å². The molecule has 0 aromatic carbocycles. The third kappa shape index (κ3) is 1.71. The zero-order chi connectivity index (χ0) is 8.43. The molecule has 0 radical (unpaired) electrons. The van der Waals surface area contributed by atoms with Gasteiger partial charge >= 0.3 is 0 Å². The molecule has 0 aromatic rings. The minimum absolute atomic E-state index is 0.0433. The Kier molecular flexibility index (Phi) is 2.14. The van der Waals surface area contributed by atoms with E-state index in [1.807, 2.05) is 6.92 Å². The summed E-state index contributed by atoms with van der Waals surface area (Å²) in [7, 11) is 0. The van der Waals surface area contributed by atoms with E-state index < -0.39 is 0 Å². The molecule has 1 heterocycles. The second-order valence-electron chi connectivity index (χ2n) is 2.78. The number of carbonyl (C=O) groups is 1. The maximum absolute atomic E-state index is 11.0. The minimum atomic E-state index is -0.317. The van der Waals surface area contributed by atoms with Gasteiger partial charge in [0.2, 0.25) is 0 Å². The van der Waals surface area contributed by atoms with Gasteiger partial charge in [-0.2, -0.15) is 0 Å². The third-order valence-corrected chi connectivity index (χ3v) is 1.52. The maximum Gasteiger partial charge on any atom is 0.288 e. The number of carbonyl (C=O) groups excluding carboxylic acids is 1. The summed E-state index contributed by atoms with van der Waals surface area (Å²) in [6.45, 7) is 2.80. The fourth-order valence-electron chi connectivity index (χ4n) is 1.03. The number of hydrogen-bond acceptors (Lipinski definition) is 3. The number of amides is 1. The summed E-state index contributed by atoms with van der Waals surface area (Å²) >= 11 is 0. The van der Waals surface area contributed by atoms with Gasteiger partial charge in [0.05, 0.1) is 0 Å². The summed E-state index contributed by atoms with van der Waals surface area (Å²) in [6, 6.07) is -0.0433. The fraction of sp³-hybridized carbons (Fsp3) is 0.571. The number of nitrogens with zero attached hydrogens (tertiary/aromatic N) is 1. The van der Waals surface area contributed by atoms with E-state index in [0.717, 1.165) is 0 Å². The molecule has 0 bridgehead atoms. The molecule has 1 amide bonds. The molecular weight excluding hydrogens is 144 g/mol. The molecule has 0 saturated heterocycles. The molecule has 1 aliphatic rings. The van der Waals surface area contributed by atoms with Crippen LogP contribution in [0.25, 0.3) is 0 Å². The first kappa shape index (κ1) is 8.07. The lowest BCUT2D eigenvalue weighted by molar-refractivity contribution is -0.128. The van der Waals surface area contributed by atoms with Gasteiger partial charge in [0.25, 0.3) is 5.91 Å². The van der Waals surface area contributed by atoms with Crippen LogP contribution in [0.2, 0.25) is 0 Å². The van der Waals surface area contributed by atoms with E-state index in [4.69, 9.17) is 10.8 Å². The molecule has 3 N–H and O–H groups in total. The molecule has 11 heavy (non-hydrogen) atoms. The quantitative estimate of drug-likeness (QED) is 0.572. The molecule has 1 atom stereocenters. The standard InChI is InChI=1S/C7H12N2O2/c1-5(8)4-9-3-2-6(10)7(9)11/h2,5,10H,3-4,8H2,1H3. The molecule has 0 fully saturated rings. The Bertz CT molecular complexity index is 199. The van der Waals surface area contributed by atoms with Gasteiger partial charge in [0, 0.05) is 19.1 Å². The van der Waals surface area contributed by atoms with E-state index in [2.05, 4.69) is 0 Å². The summed E-state index contributed by atoms with van der Waals surface area (Å²) in [4.78, 5) is 12.5. The van der Waals surface area contributed by atoms with Crippen LogP contribution in [0.15, 0.2) is 11.8 Å². The van der Waals surface area contributed by atoms with Crippen molar-refractivity contribution in [1.82, 2.24) is 4.90 Å². The monoisotopic (exact) mass is 156 g/mol. The largest absolute Gasteiger partial charge is 0.503 e. The van der Waals surface area contributed by atoms with Crippen LogP contribution in [0.5, 0.6) is 0 Å². The maximum atomic E-state index is 11.0. The SMILES string of the molecule is CC(N)CN1CC=C(O)C1=O. The first-order valence-corrected chi connectivity index (χ1v) is 3.55. The number of nitrogens with two attached hydrogens (primary N) is 1. The van der Waals surface area contributed by atoms with E-state index in [9.17, 15) is 4.79 Å². The highest BCUT2D eigenvalue weighted by Crippen LogP contribution is 2.07. The van der Waals surface area contributed by atoms with Gasteiger partial charge in [-0.15, -0.1) is 0 Å². The van der Waals surface area contributed by atoms with E-state index in [0.29, 0.717) is 13.1 Å². The van der Waals surface area contributed by atoms with Gasteiger partial charge in [-0.05, 0) is 13.0 Å². The lowest BCUT2D eigenvalue weighted by atomic mass is 10.3. The normalized spacial score (nSPS) is 20.4. The van der Waals surface area contributed by atoms with Crippen molar-refractivity contribution in [3.05, 3.63) is 11.8 Å². The van der Waals surface area contributed by atoms with Gasteiger partial charge in [-0.3, -0.25) is 4.79 Å². The van der Waals surface area contributed by atoms with Crippen molar-refractivity contribution in [3.8, 4) is 0 Å². The average Bonchev–Trinajstić information content (AvgIpc) is 2.18. The van der Waals surface area contributed by atoms with Crippen molar-refractivity contribution < 1.29 is 9.90 Å². The lowest BCUT2D eigenvalue weighted by Crippen LogP contribution is -2.37. The summed E-state index contributed by atoms with van der Waals surface area (Å²) < 4.78 is 0. The van der Waals surface area contributed by atoms with E-state index in [1.165, 1.54) is 11.0 Å². The number of rotatable bonds is 2. The van der Waals surface area contributed by atoms with Crippen LogP contribution in [0.4, 0.5) is 0 Å². The van der Waals surface area contributed by atoms with Crippen LogP contribution < -0.4 is 5.73 Å². The first-order valence-electron chi connectivity index (χ1n) is 3.55. The third-order valence-electron chi connectivity index (χ3n) is 1.52. The summed E-state index contributed by atoms with van der Waals surface area (Å²) in [6.07, 6.45) is 1.49. The Morgan fingerprint density at radius 2 is 2.55 bits per heavy atom. The minimum Gasteiger partial charge on any atom is -0.503 e. The average molecular weight is 156 g/mol. The summed E-state index contributed by atoms with van der Waals surface area (Å²) in [5.74, 6) is -0.479. The van der Waals surface area contributed by atoms with Gasteiger partial charge in [-0.1, -0.05) is 0 Å². The van der Waals surface area contributed by atoms with Crippen molar-refractivity contribution in [2.24, 2.45) is 5.73 Å². The highest BCUT2D eigenvalue weighted by Gasteiger charge is 2.23.